The van der Waals surface area contributed by atoms with Crippen molar-refractivity contribution in [2.24, 2.45) is 0 Å². The van der Waals surface area contributed by atoms with Gasteiger partial charge in [-0.1, -0.05) is 146 Å². The number of aromatic nitrogens is 3. The molecule has 4 nitrogen and oxygen atoms in total. The predicted octanol–water partition coefficient (Wildman–Crippen LogP) is 14.1. The van der Waals surface area contributed by atoms with Gasteiger partial charge in [0.2, 0.25) is 0 Å². The van der Waals surface area contributed by atoms with Crippen LogP contribution < -0.4 is 0 Å². The molecule has 0 spiro atoms. The fraction of sp³-hybridized carbons (Fsp3) is 0. The molecular weight excluding hydrogens is 703 g/mol. The lowest BCUT2D eigenvalue weighted by molar-refractivity contribution is 0.670. The molecule has 11 aromatic rings. The van der Waals surface area contributed by atoms with Gasteiger partial charge in [-0.05, 0) is 47.0 Å². The van der Waals surface area contributed by atoms with E-state index in [0.29, 0.717) is 5.82 Å². The Labute approximate surface area is 327 Å². The number of rotatable bonds is 6. The van der Waals surface area contributed by atoms with Crippen molar-refractivity contribution in [1.82, 2.24) is 15.0 Å². The van der Waals surface area contributed by atoms with Crippen LogP contribution in [-0.2, 0) is 0 Å². The second kappa shape index (κ2) is 13.3. The molecule has 4 heterocycles. The molecule has 0 aliphatic heterocycles. The molecule has 0 N–H and O–H groups in total. The number of furan rings is 1. The van der Waals surface area contributed by atoms with Gasteiger partial charge in [0.1, 0.15) is 11.2 Å². The molecule has 7 aromatic carbocycles. The van der Waals surface area contributed by atoms with Crippen LogP contribution >= 0.6 is 11.3 Å². The molecule has 262 valence electrons. The molecule has 0 saturated heterocycles. The minimum Gasteiger partial charge on any atom is -0.455 e. The van der Waals surface area contributed by atoms with E-state index in [-0.39, 0.29) is 0 Å². The summed E-state index contributed by atoms with van der Waals surface area (Å²) in [7, 11) is 0. The Kier molecular flexibility index (Phi) is 7.64. The van der Waals surface area contributed by atoms with E-state index < -0.39 is 0 Å². The van der Waals surface area contributed by atoms with E-state index in [0.717, 1.165) is 77.8 Å². The number of nitrogens with zero attached hydrogens (tertiary/aromatic N) is 3. The van der Waals surface area contributed by atoms with Gasteiger partial charge in [0.05, 0.1) is 11.4 Å². The zero-order valence-electron chi connectivity index (χ0n) is 30.1. The summed E-state index contributed by atoms with van der Waals surface area (Å²) >= 11 is 1.84. The third-order valence-electron chi connectivity index (χ3n) is 10.6. The highest BCUT2D eigenvalue weighted by atomic mass is 32.1. The second-order valence-corrected chi connectivity index (χ2v) is 15.0. The Bertz CT molecular complexity index is 3240. The van der Waals surface area contributed by atoms with Crippen LogP contribution in [0.15, 0.2) is 193 Å². The average Bonchev–Trinajstić information content (AvgIpc) is 3.86. The topological polar surface area (TPSA) is 51.8 Å². The van der Waals surface area contributed by atoms with Crippen molar-refractivity contribution >= 4 is 53.4 Å². The van der Waals surface area contributed by atoms with Gasteiger partial charge >= 0.3 is 0 Å². The van der Waals surface area contributed by atoms with E-state index in [9.17, 15) is 0 Å². The van der Waals surface area contributed by atoms with Crippen LogP contribution in [0.2, 0.25) is 0 Å². The van der Waals surface area contributed by atoms with Crippen molar-refractivity contribution in [3.05, 3.63) is 188 Å². The lowest BCUT2D eigenvalue weighted by Gasteiger charge is -2.13. The molecule has 56 heavy (non-hydrogen) atoms. The minimum absolute atomic E-state index is 0.666. The number of hydrogen-bond acceptors (Lipinski definition) is 5. The van der Waals surface area contributed by atoms with Gasteiger partial charge in [-0.15, -0.1) is 11.3 Å². The van der Waals surface area contributed by atoms with Crippen LogP contribution in [0.3, 0.4) is 0 Å². The van der Waals surface area contributed by atoms with Gasteiger partial charge in [-0.25, -0.2) is 9.97 Å². The third kappa shape index (κ3) is 5.40. The first-order valence-electron chi connectivity index (χ1n) is 18.7. The first kappa shape index (κ1) is 32.2. The average molecular weight is 734 g/mol. The van der Waals surface area contributed by atoms with Crippen LogP contribution in [0.25, 0.3) is 109 Å². The SMILES string of the molecule is c1ccc(-c2cc(-c3ccccc3-c3cccnc3)nc(-c3ccc(-c4ccc(-c5cccc6c5sc5ccccc56)c5oc6ccccc6c45)cc3)n2)cc1. The maximum absolute atomic E-state index is 6.75. The second-order valence-electron chi connectivity index (χ2n) is 13.9. The third-order valence-corrected chi connectivity index (χ3v) is 11.9. The first-order chi connectivity index (χ1) is 27.8. The van der Waals surface area contributed by atoms with Crippen molar-refractivity contribution in [1.29, 1.82) is 0 Å². The smallest absolute Gasteiger partial charge is 0.160 e. The highest BCUT2D eigenvalue weighted by Crippen LogP contribution is 2.46. The maximum atomic E-state index is 6.75. The molecule has 4 aromatic heterocycles. The fourth-order valence-electron chi connectivity index (χ4n) is 7.99. The molecule has 0 fully saturated rings. The van der Waals surface area contributed by atoms with Crippen LogP contribution in [-0.4, -0.2) is 15.0 Å². The Hall–Kier alpha value is -7.21. The minimum atomic E-state index is 0.666. The summed E-state index contributed by atoms with van der Waals surface area (Å²) in [5, 5.41) is 4.77. The summed E-state index contributed by atoms with van der Waals surface area (Å²) in [6.07, 6.45) is 3.70. The summed E-state index contributed by atoms with van der Waals surface area (Å²) in [4.78, 5) is 14.7. The van der Waals surface area contributed by atoms with E-state index in [1.54, 1.807) is 6.20 Å². The molecule has 0 saturated carbocycles. The van der Waals surface area contributed by atoms with Crippen LogP contribution in [0.1, 0.15) is 0 Å². The summed E-state index contributed by atoms with van der Waals surface area (Å²) in [6, 6.07) is 61.5. The Morgan fingerprint density at radius 2 is 1.11 bits per heavy atom. The molecule has 0 atom stereocenters. The van der Waals surface area contributed by atoms with Crippen LogP contribution in [0, 0.1) is 0 Å². The normalized spacial score (nSPS) is 11.6. The van der Waals surface area contributed by atoms with E-state index >= 15 is 0 Å². The molecule has 11 rings (SSSR count). The van der Waals surface area contributed by atoms with Crippen LogP contribution in [0.5, 0.6) is 0 Å². The van der Waals surface area contributed by atoms with E-state index in [4.69, 9.17) is 14.4 Å². The van der Waals surface area contributed by atoms with Gasteiger partial charge < -0.3 is 4.42 Å². The van der Waals surface area contributed by atoms with Crippen molar-refractivity contribution in [2.75, 3.05) is 0 Å². The number of thiophene rings is 1. The number of hydrogen-bond donors (Lipinski definition) is 0. The summed E-state index contributed by atoms with van der Waals surface area (Å²) in [5.74, 6) is 0.666. The van der Waals surface area contributed by atoms with E-state index in [2.05, 4.69) is 151 Å². The van der Waals surface area contributed by atoms with Gasteiger partial charge in [0.25, 0.3) is 0 Å². The Morgan fingerprint density at radius 3 is 1.96 bits per heavy atom. The first-order valence-corrected chi connectivity index (χ1v) is 19.5. The van der Waals surface area contributed by atoms with Crippen molar-refractivity contribution in [3.63, 3.8) is 0 Å². The standard InChI is InChI=1S/C51H31N3OS/c1-2-12-33(13-3-1)44-30-45(38-16-5-4-15-36(38)35-14-11-29-52-31-35)54-51(53-44)34-25-23-32(24-26-34)37-27-28-40(49-48(37)43-18-6-8-21-46(43)55-49)42-20-10-19-41-39-17-7-9-22-47(39)56-50(41)42/h1-31H. The van der Waals surface area contributed by atoms with Gasteiger partial charge in [-0.2, -0.15) is 0 Å². The fourth-order valence-corrected chi connectivity index (χ4v) is 9.22. The monoisotopic (exact) mass is 733 g/mol. The molecule has 0 bridgehead atoms. The van der Waals surface area contributed by atoms with Crippen LogP contribution in [0.4, 0.5) is 0 Å². The van der Waals surface area contributed by atoms with E-state index in [1.807, 2.05) is 47.9 Å². The number of pyridine rings is 1. The molecule has 0 aliphatic carbocycles. The number of benzene rings is 7. The lowest BCUT2D eigenvalue weighted by atomic mass is 9.93. The Balaban J connectivity index is 1.05. The number of fused-ring (bicyclic) bond motifs is 6. The maximum Gasteiger partial charge on any atom is 0.160 e. The summed E-state index contributed by atoms with van der Waals surface area (Å²) in [6.45, 7) is 0. The quantitative estimate of drug-likeness (QED) is 0.171. The molecular formula is C51H31N3OS. The summed E-state index contributed by atoms with van der Waals surface area (Å²) in [5.41, 5.74) is 13.1. The highest BCUT2D eigenvalue weighted by molar-refractivity contribution is 7.26. The molecule has 0 radical (unpaired) electrons. The predicted molar refractivity (Wildman–Crippen MR) is 233 cm³/mol. The van der Waals surface area contributed by atoms with Gasteiger partial charge in [0, 0.05) is 76.7 Å². The molecule has 5 heteroatoms. The largest absolute Gasteiger partial charge is 0.455 e. The van der Waals surface area contributed by atoms with Gasteiger partial charge in [0.15, 0.2) is 5.82 Å². The number of para-hydroxylation sites is 1. The van der Waals surface area contributed by atoms with E-state index in [1.165, 1.54) is 25.7 Å². The lowest BCUT2D eigenvalue weighted by Crippen LogP contribution is -1.97. The Morgan fingerprint density at radius 1 is 0.429 bits per heavy atom. The van der Waals surface area contributed by atoms with Crippen molar-refractivity contribution < 1.29 is 4.42 Å². The molecule has 0 unspecified atom stereocenters. The van der Waals surface area contributed by atoms with Gasteiger partial charge in [-0.3, -0.25) is 4.98 Å². The molecule has 0 aliphatic rings. The van der Waals surface area contributed by atoms with Crippen molar-refractivity contribution in [2.45, 2.75) is 0 Å². The summed E-state index contributed by atoms with van der Waals surface area (Å²) < 4.78 is 9.31. The highest BCUT2D eigenvalue weighted by Gasteiger charge is 2.20. The van der Waals surface area contributed by atoms with Crippen molar-refractivity contribution in [3.8, 4) is 67.3 Å². The molecule has 0 amide bonds. The zero-order valence-corrected chi connectivity index (χ0v) is 30.9. The zero-order chi connectivity index (χ0) is 37.0.